The summed E-state index contributed by atoms with van der Waals surface area (Å²) >= 11 is 6.12. The van der Waals surface area contributed by atoms with Gasteiger partial charge in [0.2, 0.25) is 5.91 Å². The molecule has 114 valence electrons. The molecular formula is C15H20ClN3O2. The minimum atomic E-state index is -0.209. The van der Waals surface area contributed by atoms with Crippen molar-refractivity contribution in [3.05, 3.63) is 28.8 Å². The van der Waals surface area contributed by atoms with Gasteiger partial charge in [0.15, 0.2) is 0 Å². The van der Waals surface area contributed by atoms with E-state index in [9.17, 15) is 9.59 Å². The predicted molar refractivity (Wildman–Crippen MR) is 83.6 cm³/mol. The molecule has 3 amide bonds. The van der Waals surface area contributed by atoms with E-state index in [2.05, 4.69) is 10.6 Å². The Balaban J connectivity index is 2.05. The fourth-order valence-corrected chi connectivity index (χ4v) is 2.83. The number of para-hydroxylation sites is 1. The van der Waals surface area contributed by atoms with E-state index in [1.54, 1.807) is 18.0 Å². The summed E-state index contributed by atoms with van der Waals surface area (Å²) in [4.78, 5) is 25.7. The molecule has 1 saturated heterocycles. The number of urea groups is 1. The van der Waals surface area contributed by atoms with E-state index in [4.69, 9.17) is 11.6 Å². The van der Waals surface area contributed by atoms with Gasteiger partial charge in [0.25, 0.3) is 0 Å². The third-order valence-corrected chi connectivity index (χ3v) is 4.09. The first-order valence-electron chi connectivity index (χ1n) is 7.05. The van der Waals surface area contributed by atoms with E-state index in [0.717, 1.165) is 18.4 Å². The van der Waals surface area contributed by atoms with Crippen LogP contribution in [0, 0.1) is 12.8 Å². The zero-order valence-electron chi connectivity index (χ0n) is 12.3. The molecule has 2 N–H and O–H groups in total. The number of hydrogen-bond acceptors (Lipinski definition) is 2. The highest BCUT2D eigenvalue weighted by Crippen LogP contribution is 2.26. The van der Waals surface area contributed by atoms with Crippen LogP contribution in [0.1, 0.15) is 18.4 Å². The number of hydrogen-bond donors (Lipinski definition) is 2. The van der Waals surface area contributed by atoms with Crippen molar-refractivity contribution in [2.24, 2.45) is 5.92 Å². The monoisotopic (exact) mass is 309 g/mol. The highest BCUT2D eigenvalue weighted by atomic mass is 35.5. The third-order valence-electron chi connectivity index (χ3n) is 3.78. The molecule has 1 aliphatic rings. The molecule has 1 aromatic carbocycles. The lowest BCUT2D eigenvalue weighted by Gasteiger charge is -2.32. The standard InChI is InChI=1S/C15H20ClN3O2/c1-10-5-3-7-12(16)13(10)18-15(21)19-8-4-6-11(9-19)14(20)17-2/h3,5,7,11H,4,6,8-9H2,1-2H3,(H,17,20)(H,18,21). The first-order chi connectivity index (χ1) is 10.0. The Morgan fingerprint density at radius 1 is 1.38 bits per heavy atom. The van der Waals surface area contributed by atoms with Crippen molar-refractivity contribution in [2.75, 3.05) is 25.5 Å². The zero-order chi connectivity index (χ0) is 15.4. The molecule has 1 unspecified atom stereocenters. The molecule has 1 atom stereocenters. The molecule has 0 bridgehead atoms. The van der Waals surface area contributed by atoms with Crippen LogP contribution in [-0.2, 0) is 4.79 Å². The van der Waals surface area contributed by atoms with E-state index in [1.165, 1.54) is 0 Å². The van der Waals surface area contributed by atoms with Crippen molar-refractivity contribution in [3.8, 4) is 0 Å². The lowest BCUT2D eigenvalue weighted by Crippen LogP contribution is -2.46. The second-order valence-corrected chi connectivity index (χ2v) is 5.67. The molecule has 0 aliphatic carbocycles. The summed E-state index contributed by atoms with van der Waals surface area (Å²) in [5, 5.41) is 6.01. The Labute approximate surface area is 129 Å². The number of nitrogens with one attached hydrogen (secondary N) is 2. The fourth-order valence-electron chi connectivity index (χ4n) is 2.56. The first-order valence-corrected chi connectivity index (χ1v) is 7.43. The maximum Gasteiger partial charge on any atom is 0.321 e. The van der Waals surface area contributed by atoms with Gasteiger partial charge in [0.1, 0.15) is 0 Å². The molecule has 5 nitrogen and oxygen atoms in total. The molecule has 0 radical (unpaired) electrons. The Hall–Kier alpha value is -1.75. The number of piperidine rings is 1. The van der Waals surface area contributed by atoms with Gasteiger partial charge in [-0.3, -0.25) is 4.79 Å². The smallest absolute Gasteiger partial charge is 0.321 e. The lowest BCUT2D eigenvalue weighted by atomic mass is 9.97. The van der Waals surface area contributed by atoms with Crippen LogP contribution < -0.4 is 10.6 Å². The Morgan fingerprint density at radius 3 is 2.81 bits per heavy atom. The number of carbonyl (C=O) groups is 2. The lowest BCUT2D eigenvalue weighted by molar-refractivity contribution is -0.125. The van der Waals surface area contributed by atoms with Crippen LogP contribution in [0.2, 0.25) is 5.02 Å². The number of aryl methyl sites for hydroxylation is 1. The minimum absolute atomic E-state index is 0.0126. The van der Waals surface area contributed by atoms with Gasteiger partial charge in [-0.15, -0.1) is 0 Å². The second-order valence-electron chi connectivity index (χ2n) is 5.26. The number of anilines is 1. The SMILES string of the molecule is CNC(=O)C1CCCN(C(=O)Nc2c(C)cccc2Cl)C1. The van der Waals surface area contributed by atoms with Crippen LogP contribution in [0.4, 0.5) is 10.5 Å². The van der Waals surface area contributed by atoms with Crippen LogP contribution in [0.3, 0.4) is 0 Å². The predicted octanol–water partition coefficient (Wildman–Crippen LogP) is 2.64. The number of halogens is 1. The van der Waals surface area contributed by atoms with Gasteiger partial charge in [0.05, 0.1) is 16.6 Å². The Morgan fingerprint density at radius 2 is 2.14 bits per heavy atom. The molecule has 1 heterocycles. The van der Waals surface area contributed by atoms with Gasteiger partial charge >= 0.3 is 6.03 Å². The van der Waals surface area contributed by atoms with Crippen molar-refractivity contribution in [1.82, 2.24) is 10.2 Å². The maximum absolute atomic E-state index is 12.4. The summed E-state index contributed by atoms with van der Waals surface area (Å²) in [7, 11) is 1.62. The number of carbonyl (C=O) groups excluding carboxylic acids is 2. The van der Waals surface area contributed by atoms with Crippen molar-refractivity contribution >= 4 is 29.2 Å². The van der Waals surface area contributed by atoms with E-state index in [-0.39, 0.29) is 17.9 Å². The summed E-state index contributed by atoms with van der Waals surface area (Å²) in [5.41, 5.74) is 1.54. The molecule has 0 spiro atoms. The van der Waals surface area contributed by atoms with Gasteiger partial charge in [-0.2, -0.15) is 0 Å². The largest absolute Gasteiger partial charge is 0.359 e. The number of nitrogens with zero attached hydrogens (tertiary/aromatic N) is 1. The summed E-state index contributed by atoms with van der Waals surface area (Å²) in [5.74, 6) is -0.150. The molecule has 1 aliphatic heterocycles. The number of benzene rings is 1. The summed E-state index contributed by atoms with van der Waals surface area (Å²) < 4.78 is 0. The van der Waals surface area contributed by atoms with Gasteiger partial charge in [-0.25, -0.2) is 4.79 Å². The first kappa shape index (κ1) is 15.6. The van der Waals surface area contributed by atoms with Crippen LogP contribution in [0.15, 0.2) is 18.2 Å². The molecule has 1 fully saturated rings. The third kappa shape index (κ3) is 3.67. The molecule has 0 aromatic heterocycles. The van der Waals surface area contributed by atoms with E-state index >= 15 is 0 Å². The van der Waals surface area contributed by atoms with Crippen LogP contribution >= 0.6 is 11.6 Å². The Bertz CT molecular complexity index is 527. The van der Waals surface area contributed by atoms with E-state index < -0.39 is 0 Å². The van der Waals surface area contributed by atoms with Crippen LogP contribution in [0.25, 0.3) is 0 Å². The minimum Gasteiger partial charge on any atom is -0.359 e. The normalized spacial score (nSPS) is 18.2. The zero-order valence-corrected chi connectivity index (χ0v) is 13.0. The van der Waals surface area contributed by atoms with E-state index in [1.807, 2.05) is 19.1 Å². The number of likely N-dealkylation sites (tertiary alicyclic amines) is 1. The molecule has 1 aromatic rings. The highest BCUT2D eigenvalue weighted by molar-refractivity contribution is 6.33. The van der Waals surface area contributed by atoms with Crippen molar-refractivity contribution in [2.45, 2.75) is 19.8 Å². The number of amides is 3. The molecule has 21 heavy (non-hydrogen) atoms. The average Bonchev–Trinajstić information content (AvgIpc) is 2.50. The fraction of sp³-hybridized carbons (Fsp3) is 0.467. The number of rotatable bonds is 2. The van der Waals surface area contributed by atoms with Gasteiger partial charge < -0.3 is 15.5 Å². The van der Waals surface area contributed by atoms with Crippen molar-refractivity contribution in [1.29, 1.82) is 0 Å². The topological polar surface area (TPSA) is 61.4 Å². The molecule has 6 heteroatoms. The second kappa shape index (κ2) is 6.80. The van der Waals surface area contributed by atoms with Gasteiger partial charge in [-0.1, -0.05) is 23.7 Å². The van der Waals surface area contributed by atoms with Crippen LogP contribution in [0.5, 0.6) is 0 Å². The van der Waals surface area contributed by atoms with E-state index in [0.29, 0.717) is 23.8 Å². The quantitative estimate of drug-likeness (QED) is 0.882. The van der Waals surface area contributed by atoms with Gasteiger partial charge in [0, 0.05) is 20.1 Å². The van der Waals surface area contributed by atoms with Crippen LogP contribution in [-0.4, -0.2) is 37.0 Å². The maximum atomic E-state index is 12.4. The summed E-state index contributed by atoms with van der Waals surface area (Å²) in [6, 6.07) is 5.27. The summed E-state index contributed by atoms with van der Waals surface area (Å²) in [6.07, 6.45) is 1.64. The molecule has 2 rings (SSSR count). The highest BCUT2D eigenvalue weighted by Gasteiger charge is 2.28. The molecule has 0 saturated carbocycles. The summed E-state index contributed by atoms with van der Waals surface area (Å²) in [6.45, 7) is 2.99. The average molecular weight is 310 g/mol. The van der Waals surface area contributed by atoms with Crippen molar-refractivity contribution < 1.29 is 9.59 Å². The Kier molecular flexibility index (Phi) is 5.07. The van der Waals surface area contributed by atoms with Crippen molar-refractivity contribution in [3.63, 3.8) is 0 Å². The molecular weight excluding hydrogens is 290 g/mol. The van der Waals surface area contributed by atoms with Gasteiger partial charge in [-0.05, 0) is 31.4 Å².